The number of amides is 1. The normalized spacial score (nSPS) is 11.9. The second-order valence-corrected chi connectivity index (χ2v) is 7.32. The van der Waals surface area contributed by atoms with E-state index in [1.165, 1.54) is 15.8 Å². The van der Waals surface area contributed by atoms with Crippen LogP contribution in [0.2, 0.25) is 0 Å². The van der Waals surface area contributed by atoms with Gasteiger partial charge in [-0.15, -0.1) is 0 Å². The van der Waals surface area contributed by atoms with Crippen molar-refractivity contribution in [2.24, 2.45) is 4.99 Å². The van der Waals surface area contributed by atoms with Crippen molar-refractivity contribution in [1.82, 2.24) is 4.57 Å². The Kier molecular flexibility index (Phi) is 5.57. The highest BCUT2D eigenvalue weighted by molar-refractivity contribution is 7.16. The molecule has 0 aliphatic carbocycles. The van der Waals surface area contributed by atoms with E-state index in [0.29, 0.717) is 12.2 Å². The molecule has 1 heterocycles. The van der Waals surface area contributed by atoms with Crippen LogP contribution in [0.1, 0.15) is 41.8 Å². The van der Waals surface area contributed by atoms with E-state index < -0.39 is 0 Å². The molecule has 0 N–H and O–H groups in total. The summed E-state index contributed by atoms with van der Waals surface area (Å²) in [5, 5.41) is 0. The summed E-state index contributed by atoms with van der Waals surface area (Å²) >= 11 is 1.57. The molecular formula is C21H24N2O2S. The molecule has 3 rings (SSSR count). The van der Waals surface area contributed by atoms with Gasteiger partial charge in [0.1, 0.15) is 5.75 Å². The quantitative estimate of drug-likeness (QED) is 0.645. The molecule has 0 aliphatic rings. The van der Waals surface area contributed by atoms with Gasteiger partial charge in [-0.1, -0.05) is 18.3 Å². The number of ether oxygens (including phenoxy) is 1. The second-order valence-electron chi connectivity index (χ2n) is 6.31. The molecule has 136 valence electrons. The first-order valence-electron chi connectivity index (χ1n) is 8.96. The Morgan fingerprint density at radius 1 is 1.12 bits per heavy atom. The first-order valence-corrected chi connectivity index (χ1v) is 9.77. The molecule has 0 spiro atoms. The summed E-state index contributed by atoms with van der Waals surface area (Å²) in [5.41, 5.74) is 4.23. The van der Waals surface area contributed by atoms with Crippen molar-refractivity contribution in [1.29, 1.82) is 0 Å². The lowest BCUT2D eigenvalue weighted by Crippen LogP contribution is -2.16. The van der Waals surface area contributed by atoms with Gasteiger partial charge in [-0.3, -0.25) is 4.79 Å². The zero-order valence-electron chi connectivity index (χ0n) is 15.7. The molecule has 0 saturated heterocycles. The molecule has 0 unspecified atom stereocenters. The Morgan fingerprint density at radius 2 is 1.81 bits per heavy atom. The van der Waals surface area contributed by atoms with Gasteiger partial charge in [-0.25, -0.2) is 0 Å². The minimum Gasteiger partial charge on any atom is -0.494 e. The number of hydrogen-bond acceptors (Lipinski definition) is 3. The van der Waals surface area contributed by atoms with E-state index >= 15 is 0 Å². The fourth-order valence-corrected chi connectivity index (χ4v) is 3.99. The predicted octanol–water partition coefficient (Wildman–Crippen LogP) is 4.87. The zero-order valence-corrected chi connectivity index (χ0v) is 16.5. The van der Waals surface area contributed by atoms with Gasteiger partial charge in [0.15, 0.2) is 4.80 Å². The minimum atomic E-state index is -0.224. The third kappa shape index (κ3) is 3.73. The number of fused-ring (bicyclic) bond motifs is 1. The summed E-state index contributed by atoms with van der Waals surface area (Å²) in [4.78, 5) is 17.8. The van der Waals surface area contributed by atoms with Crippen molar-refractivity contribution >= 4 is 27.5 Å². The minimum absolute atomic E-state index is 0.224. The molecule has 0 radical (unpaired) electrons. The largest absolute Gasteiger partial charge is 0.494 e. The number of aromatic nitrogens is 1. The van der Waals surface area contributed by atoms with Crippen molar-refractivity contribution in [2.75, 3.05) is 6.61 Å². The summed E-state index contributed by atoms with van der Waals surface area (Å²) in [6.45, 7) is 9.75. The van der Waals surface area contributed by atoms with E-state index in [0.717, 1.165) is 29.0 Å². The monoisotopic (exact) mass is 368 g/mol. The summed E-state index contributed by atoms with van der Waals surface area (Å²) in [6.07, 6.45) is 0.989. The van der Waals surface area contributed by atoms with Gasteiger partial charge in [0.25, 0.3) is 5.91 Å². The Bertz CT molecular complexity index is 997. The number of carbonyl (C=O) groups is 1. The molecule has 0 fully saturated rings. The maximum atomic E-state index is 12.6. The van der Waals surface area contributed by atoms with Crippen LogP contribution in [-0.4, -0.2) is 17.1 Å². The molecule has 5 heteroatoms. The molecule has 1 aromatic heterocycles. The third-order valence-corrected chi connectivity index (χ3v) is 5.40. The number of carbonyl (C=O) groups excluding carboxylic acids is 1. The molecular weight excluding hydrogens is 344 g/mol. The number of rotatable bonds is 5. The van der Waals surface area contributed by atoms with E-state index in [1.54, 1.807) is 23.5 Å². The van der Waals surface area contributed by atoms with Crippen molar-refractivity contribution < 1.29 is 9.53 Å². The lowest BCUT2D eigenvalue weighted by molar-refractivity contribution is 0.0998. The molecule has 1 amide bonds. The standard InChI is InChI=1S/C21H24N2O2S/c1-5-11-23-18-12-14(3)15(4)13-19(18)26-21(23)22-20(24)16-7-9-17(10-8-16)25-6-2/h7-10,12-13H,5-6,11H2,1-4H3. The van der Waals surface area contributed by atoms with E-state index in [-0.39, 0.29) is 5.91 Å². The zero-order chi connectivity index (χ0) is 18.7. The Labute approximate surface area is 157 Å². The van der Waals surface area contributed by atoms with Crippen LogP contribution in [0, 0.1) is 13.8 Å². The number of hydrogen-bond donors (Lipinski definition) is 0. The van der Waals surface area contributed by atoms with Crippen LogP contribution < -0.4 is 9.54 Å². The molecule has 2 aromatic carbocycles. The van der Waals surface area contributed by atoms with E-state index in [2.05, 4.69) is 42.5 Å². The molecule has 0 atom stereocenters. The Balaban J connectivity index is 2.05. The van der Waals surface area contributed by atoms with Gasteiger partial charge >= 0.3 is 0 Å². The van der Waals surface area contributed by atoms with Crippen molar-refractivity contribution in [3.8, 4) is 5.75 Å². The summed E-state index contributed by atoms with van der Waals surface area (Å²) in [6, 6.07) is 11.5. The lowest BCUT2D eigenvalue weighted by Gasteiger charge is -2.05. The van der Waals surface area contributed by atoms with Crippen LogP contribution in [-0.2, 0) is 6.54 Å². The first-order chi connectivity index (χ1) is 12.5. The lowest BCUT2D eigenvalue weighted by atomic mass is 10.1. The number of benzene rings is 2. The SMILES string of the molecule is CCCn1c(=NC(=O)c2ccc(OCC)cc2)sc2cc(C)c(C)cc21. The second kappa shape index (κ2) is 7.87. The maximum Gasteiger partial charge on any atom is 0.279 e. The van der Waals surface area contributed by atoms with Gasteiger partial charge in [0.05, 0.1) is 16.8 Å². The van der Waals surface area contributed by atoms with Crippen molar-refractivity contribution in [2.45, 2.75) is 40.7 Å². The van der Waals surface area contributed by atoms with Gasteiger partial charge in [0, 0.05) is 12.1 Å². The summed E-state index contributed by atoms with van der Waals surface area (Å²) in [7, 11) is 0. The van der Waals surface area contributed by atoms with Crippen LogP contribution in [0.15, 0.2) is 41.4 Å². The highest BCUT2D eigenvalue weighted by Crippen LogP contribution is 2.22. The van der Waals surface area contributed by atoms with Crippen molar-refractivity contribution in [3.63, 3.8) is 0 Å². The first kappa shape index (κ1) is 18.4. The van der Waals surface area contributed by atoms with Gasteiger partial charge < -0.3 is 9.30 Å². The summed E-state index contributed by atoms with van der Waals surface area (Å²) in [5.74, 6) is 0.538. The Morgan fingerprint density at radius 3 is 2.46 bits per heavy atom. The van der Waals surface area contributed by atoms with Crippen LogP contribution in [0.3, 0.4) is 0 Å². The topological polar surface area (TPSA) is 43.6 Å². The maximum absolute atomic E-state index is 12.6. The fraction of sp³-hybridized carbons (Fsp3) is 0.333. The van der Waals surface area contributed by atoms with Crippen LogP contribution in [0.5, 0.6) is 5.75 Å². The predicted molar refractivity (Wildman–Crippen MR) is 107 cm³/mol. The fourth-order valence-electron chi connectivity index (χ4n) is 2.86. The third-order valence-electron chi connectivity index (χ3n) is 4.35. The average molecular weight is 369 g/mol. The average Bonchev–Trinajstić information content (AvgIpc) is 2.93. The highest BCUT2D eigenvalue weighted by Gasteiger charge is 2.10. The van der Waals surface area contributed by atoms with Gasteiger partial charge in [-0.05, 0) is 74.7 Å². The number of thiazole rings is 1. The molecule has 3 aromatic rings. The van der Waals surface area contributed by atoms with Crippen molar-refractivity contribution in [3.05, 3.63) is 57.9 Å². The molecule has 26 heavy (non-hydrogen) atoms. The molecule has 0 saturated carbocycles. The number of nitrogens with zero attached hydrogens (tertiary/aromatic N) is 2. The molecule has 0 bridgehead atoms. The van der Waals surface area contributed by atoms with Gasteiger partial charge in [-0.2, -0.15) is 4.99 Å². The molecule has 0 aliphatic heterocycles. The van der Waals surface area contributed by atoms with Crippen LogP contribution in [0.4, 0.5) is 0 Å². The Hall–Kier alpha value is -2.40. The number of aryl methyl sites for hydroxylation is 3. The van der Waals surface area contributed by atoms with Crippen LogP contribution in [0.25, 0.3) is 10.2 Å². The smallest absolute Gasteiger partial charge is 0.279 e. The van der Waals surface area contributed by atoms with Gasteiger partial charge in [0.2, 0.25) is 0 Å². The van der Waals surface area contributed by atoms with E-state index in [1.807, 2.05) is 19.1 Å². The molecule has 4 nitrogen and oxygen atoms in total. The highest BCUT2D eigenvalue weighted by atomic mass is 32.1. The summed E-state index contributed by atoms with van der Waals surface area (Å²) < 4.78 is 8.75. The van der Waals surface area contributed by atoms with Crippen LogP contribution >= 0.6 is 11.3 Å². The van der Waals surface area contributed by atoms with E-state index in [4.69, 9.17) is 4.74 Å². The van der Waals surface area contributed by atoms with E-state index in [9.17, 15) is 4.79 Å².